The zero-order valence-corrected chi connectivity index (χ0v) is 14.4. The third-order valence-corrected chi connectivity index (χ3v) is 4.37. The van der Waals surface area contributed by atoms with Crippen LogP contribution in [-0.2, 0) is 0 Å². The van der Waals surface area contributed by atoms with Gasteiger partial charge in [0.05, 0.1) is 16.6 Å². The van der Waals surface area contributed by atoms with Crippen LogP contribution < -0.4 is 5.32 Å². The molecule has 0 spiro atoms. The molecule has 1 N–H and O–H groups in total. The van der Waals surface area contributed by atoms with Crippen LogP contribution in [0.1, 0.15) is 46.4 Å². The molecule has 0 radical (unpaired) electrons. The van der Waals surface area contributed by atoms with Crippen molar-refractivity contribution >= 4 is 29.1 Å². The number of amides is 1. The van der Waals surface area contributed by atoms with Crippen molar-refractivity contribution in [3.63, 3.8) is 0 Å². The van der Waals surface area contributed by atoms with Gasteiger partial charge in [-0.05, 0) is 55.2 Å². The number of carbonyl (C=O) groups is 1. The van der Waals surface area contributed by atoms with Gasteiger partial charge in [-0.25, -0.2) is 0 Å². The zero-order chi connectivity index (χ0) is 16.3. The lowest BCUT2D eigenvalue weighted by Crippen LogP contribution is -2.28. The molecule has 0 bridgehead atoms. The predicted octanol–water partition coefficient (Wildman–Crippen LogP) is 5.49. The summed E-state index contributed by atoms with van der Waals surface area (Å²) < 4.78 is 0. The van der Waals surface area contributed by atoms with Crippen LogP contribution in [-0.4, -0.2) is 5.91 Å². The largest absolute Gasteiger partial charge is 0.345 e. The minimum Gasteiger partial charge on any atom is -0.345 e. The molecule has 0 saturated heterocycles. The van der Waals surface area contributed by atoms with E-state index in [9.17, 15) is 4.79 Å². The lowest BCUT2D eigenvalue weighted by Gasteiger charge is -2.19. The standard InChI is InChI=1S/C18H19Cl2NO/c1-4-17(13-6-5-11(2)12(3)9-13)21-18(22)15-8-7-14(19)10-16(15)20/h5-10,17H,4H2,1-3H3,(H,21,22). The van der Waals surface area contributed by atoms with Crippen LogP contribution in [0.25, 0.3) is 0 Å². The second-order valence-corrected chi connectivity index (χ2v) is 6.25. The Labute approximate surface area is 141 Å². The molecule has 2 aromatic rings. The molecule has 0 aliphatic rings. The average molecular weight is 336 g/mol. The molecule has 4 heteroatoms. The third kappa shape index (κ3) is 3.82. The first kappa shape index (κ1) is 16.9. The fourth-order valence-electron chi connectivity index (χ4n) is 2.31. The van der Waals surface area contributed by atoms with Gasteiger partial charge in [-0.3, -0.25) is 4.79 Å². The Hall–Kier alpha value is -1.51. The number of rotatable bonds is 4. The van der Waals surface area contributed by atoms with Gasteiger partial charge in [0.15, 0.2) is 0 Å². The van der Waals surface area contributed by atoms with E-state index in [0.29, 0.717) is 15.6 Å². The molecule has 0 aliphatic heterocycles. The quantitative estimate of drug-likeness (QED) is 0.786. The van der Waals surface area contributed by atoms with Crippen LogP contribution in [0.5, 0.6) is 0 Å². The second kappa shape index (κ2) is 7.17. The summed E-state index contributed by atoms with van der Waals surface area (Å²) in [6.45, 7) is 6.19. The number of hydrogen-bond acceptors (Lipinski definition) is 1. The Morgan fingerprint density at radius 3 is 2.41 bits per heavy atom. The van der Waals surface area contributed by atoms with E-state index < -0.39 is 0 Å². The zero-order valence-electron chi connectivity index (χ0n) is 12.9. The Morgan fingerprint density at radius 1 is 1.09 bits per heavy atom. The lowest BCUT2D eigenvalue weighted by atomic mass is 9.99. The number of nitrogens with one attached hydrogen (secondary N) is 1. The first-order valence-corrected chi connectivity index (χ1v) is 8.01. The van der Waals surface area contributed by atoms with Gasteiger partial charge in [-0.1, -0.05) is 48.3 Å². The number of halogens is 2. The fraction of sp³-hybridized carbons (Fsp3) is 0.278. The van der Waals surface area contributed by atoms with E-state index in [2.05, 4.69) is 37.4 Å². The maximum atomic E-state index is 12.4. The third-order valence-electron chi connectivity index (χ3n) is 3.82. The van der Waals surface area contributed by atoms with Crippen molar-refractivity contribution in [1.29, 1.82) is 0 Å². The normalized spacial score (nSPS) is 12.0. The predicted molar refractivity (Wildman–Crippen MR) is 92.9 cm³/mol. The smallest absolute Gasteiger partial charge is 0.253 e. The highest BCUT2D eigenvalue weighted by Crippen LogP contribution is 2.24. The summed E-state index contributed by atoms with van der Waals surface area (Å²) in [6, 6.07) is 11.1. The molecule has 0 heterocycles. The van der Waals surface area contributed by atoms with Gasteiger partial charge in [-0.2, -0.15) is 0 Å². The minimum atomic E-state index is -0.188. The van der Waals surface area contributed by atoms with Crippen LogP contribution in [0.2, 0.25) is 10.0 Å². The van der Waals surface area contributed by atoms with Crippen molar-refractivity contribution in [2.75, 3.05) is 0 Å². The lowest BCUT2D eigenvalue weighted by molar-refractivity contribution is 0.0935. The van der Waals surface area contributed by atoms with Gasteiger partial charge in [0.2, 0.25) is 0 Å². The van der Waals surface area contributed by atoms with Gasteiger partial charge in [0, 0.05) is 5.02 Å². The topological polar surface area (TPSA) is 29.1 Å². The molecule has 22 heavy (non-hydrogen) atoms. The van der Waals surface area contributed by atoms with Crippen LogP contribution in [0, 0.1) is 13.8 Å². The summed E-state index contributed by atoms with van der Waals surface area (Å²) in [5.74, 6) is -0.188. The van der Waals surface area contributed by atoms with Crippen LogP contribution in [0.15, 0.2) is 36.4 Å². The van der Waals surface area contributed by atoms with Crippen molar-refractivity contribution in [2.45, 2.75) is 33.2 Å². The van der Waals surface area contributed by atoms with Crippen LogP contribution in [0.4, 0.5) is 0 Å². The van der Waals surface area contributed by atoms with Gasteiger partial charge < -0.3 is 5.32 Å². The molecule has 1 atom stereocenters. The van der Waals surface area contributed by atoms with Gasteiger partial charge in [0.1, 0.15) is 0 Å². The van der Waals surface area contributed by atoms with E-state index in [1.54, 1.807) is 18.2 Å². The molecule has 2 aromatic carbocycles. The van der Waals surface area contributed by atoms with Crippen molar-refractivity contribution in [1.82, 2.24) is 5.32 Å². The average Bonchev–Trinajstić information content (AvgIpc) is 2.47. The molecule has 1 unspecified atom stereocenters. The second-order valence-electron chi connectivity index (χ2n) is 5.40. The van der Waals surface area contributed by atoms with Crippen molar-refractivity contribution in [2.24, 2.45) is 0 Å². The van der Waals surface area contributed by atoms with Crippen LogP contribution >= 0.6 is 23.2 Å². The highest BCUT2D eigenvalue weighted by atomic mass is 35.5. The molecule has 116 valence electrons. The van der Waals surface area contributed by atoms with E-state index in [0.717, 1.165) is 12.0 Å². The molecule has 0 fully saturated rings. The first-order valence-electron chi connectivity index (χ1n) is 7.25. The maximum Gasteiger partial charge on any atom is 0.253 e. The van der Waals surface area contributed by atoms with E-state index >= 15 is 0 Å². The summed E-state index contributed by atoms with van der Waals surface area (Å²) in [5.41, 5.74) is 4.00. The summed E-state index contributed by atoms with van der Waals surface area (Å²) in [7, 11) is 0. The highest BCUT2D eigenvalue weighted by molar-refractivity contribution is 6.36. The summed E-state index contributed by atoms with van der Waals surface area (Å²) in [5, 5.41) is 3.92. The van der Waals surface area contributed by atoms with E-state index in [1.165, 1.54) is 11.1 Å². The van der Waals surface area contributed by atoms with Crippen molar-refractivity contribution in [3.8, 4) is 0 Å². The molecule has 2 nitrogen and oxygen atoms in total. The number of aryl methyl sites for hydroxylation is 2. The van der Waals surface area contributed by atoms with E-state index in [4.69, 9.17) is 23.2 Å². The highest BCUT2D eigenvalue weighted by Gasteiger charge is 2.16. The number of carbonyl (C=O) groups excluding carboxylic acids is 1. The maximum absolute atomic E-state index is 12.4. The summed E-state index contributed by atoms with van der Waals surface area (Å²) >= 11 is 12.0. The Morgan fingerprint density at radius 2 is 1.82 bits per heavy atom. The molecule has 0 aromatic heterocycles. The minimum absolute atomic E-state index is 0.0430. The Balaban J connectivity index is 2.22. The van der Waals surface area contributed by atoms with Crippen molar-refractivity contribution in [3.05, 3.63) is 68.7 Å². The van der Waals surface area contributed by atoms with Gasteiger partial charge in [-0.15, -0.1) is 0 Å². The number of hydrogen-bond donors (Lipinski definition) is 1. The summed E-state index contributed by atoms with van der Waals surface area (Å²) in [4.78, 5) is 12.4. The molecular formula is C18H19Cl2NO. The monoisotopic (exact) mass is 335 g/mol. The molecule has 2 rings (SSSR count). The van der Waals surface area contributed by atoms with Gasteiger partial charge in [0.25, 0.3) is 5.91 Å². The molecule has 0 saturated carbocycles. The van der Waals surface area contributed by atoms with Crippen molar-refractivity contribution < 1.29 is 4.79 Å². The SMILES string of the molecule is CCC(NC(=O)c1ccc(Cl)cc1Cl)c1ccc(C)c(C)c1. The molecule has 1 amide bonds. The molecular weight excluding hydrogens is 317 g/mol. The number of benzene rings is 2. The molecule has 0 aliphatic carbocycles. The van der Waals surface area contributed by atoms with E-state index in [1.807, 2.05) is 6.92 Å². The Kier molecular flexibility index (Phi) is 5.49. The van der Waals surface area contributed by atoms with Crippen LogP contribution in [0.3, 0.4) is 0 Å². The summed E-state index contributed by atoms with van der Waals surface area (Å²) in [6.07, 6.45) is 0.805. The van der Waals surface area contributed by atoms with Gasteiger partial charge >= 0.3 is 0 Å². The van der Waals surface area contributed by atoms with E-state index in [-0.39, 0.29) is 11.9 Å². The first-order chi connectivity index (χ1) is 10.4. The fourth-order valence-corrected chi connectivity index (χ4v) is 2.81. The Bertz CT molecular complexity index is 697.